The fourth-order valence-corrected chi connectivity index (χ4v) is 5.68. The molecule has 0 spiro atoms. The van der Waals surface area contributed by atoms with Crippen LogP contribution in [0.5, 0.6) is 5.75 Å². The quantitative estimate of drug-likeness (QED) is 0.269. The molecule has 1 N–H and O–H groups in total. The molecule has 1 aliphatic carbocycles. The van der Waals surface area contributed by atoms with Gasteiger partial charge in [-0.1, -0.05) is 66.7 Å². The number of benzene rings is 4. The summed E-state index contributed by atoms with van der Waals surface area (Å²) < 4.78 is 5.67. The number of thioether (sulfide) groups is 1. The van der Waals surface area contributed by atoms with Crippen LogP contribution in [0, 0.1) is 0 Å². The fourth-order valence-electron chi connectivity index (χ4n) is 4.40. The zero-order chi connectivity index (χ0) is 23.1. The maximum Gasteiger partial charge on any atom is 0.343 e. The van der Waals surface area contributed by atoms with Crippen LogP contribution in [0.15, 0.2) is 114 Å². The van der Waals surface area contributed by atoms with E-state index in [9.17, 15) is 9.59 Å². The molecule has 0 fully saturated rings. The van der Waals surface area contributed by atoms with Gasteiger partial charge in [-0.05, 0) is 42.0 Å². The van der Waals surface area contributed by atoms with Gasteiger partial charge in [0.05, 0.1) is 22.2 Å². The van der Waals surface area contributed by atoms with E-state index in [4.69, 9.17) is 4.74 Å². The number of esters is 1. The number of fused-ring (bicyclic) bond motifs is 3. The van der Waals surface area contributed by atoms with E-state index in [2.05, 4.69) is 11.4 Å². The first-order valence-electron chi connectivity index (χ1n) is 11.0. The number of ether oxygens (including phenoxy) is 1. The molecule has 2 aliphatic rings. The van der Waals surface area contributed by atoms with Crippen molar-refractivity contribution in [1.82, 2.24) is 0 Å². The summed E-state index contributed by atoms with van der Waals surface area (Å²) in [5.41, 5.74) is 5.53. The molecule has 4 aromatic rings. The van der Waals surface area contributed by atoms with Crippen molar-refractivity contribution < 1.29 is 14.3 Å². The maximum atomic E-state index is 13.6. The van der Waals surface area contributed by atoms with Crippen LogP contribution in [0.1, 0.15) is 37.1 Å². The Bertz CT molecular complexity index is 1480. The van der Waals surface area contributed by atoms with E-state index < -0.39 is 5.97 Å². The number of rotatable bonds is 3. The highest BCUT2D eigenvalue weighted by Crippen LogP contribution is 2.52. The number of anilines is 1. The van der Waals surface area contributed by atoms with E-state index in [-0.39, 0.29) is 11.0 Å². The number of carbonyl (C=O) groups excluding carboxylic acids is 2. The summed E-state index contributed by atoms with van der Waals surface area (Å²) >= 11 is 1.62. The Hall–Kier alpha value is -4.09. The summed E-state index contributed by atoms with van der Waals surface area (Å²) in [6.45, 7) is 0. The van der Waals surface area contributed by atoms with Crippen LogP contribution < -0.4 is 10.1 Å². The van der Waals surface area contributed by atoms with Crippen LogP contribution in [-0.2, 0) is 0 Å². The lowest BCUT2D eigenvalue weighted by Crippen LogP contribution is -2.10. The van der Waals surface area contributed by atoms with E-state index in [1.54, 1.807) is 42.1 Å². The smallest absolute Gasteiger partial charge is 0.343 e. The van der Waals surface area contributed by atoms with E-state index in [1.807, 2.05) is 66.7 Å². The van der Waals surface area contributed by atoms with Crippen molar-refractivity contribution >= 4 is 34.9 Å². The monoisotopic (exact) mass is 461 g/mol. The number of hydrogen-bond acceptors (Lipinski definition) is 5. The number of para-hydroxylation sites is 1. The first-order valence-corrected chi connectivity index (χ1v) is 11.9. The highest BCUT2D eigenvalue weighted by Gasteiger charge is 2.38. The van der Waals surface area contributed by atoms with Gasteiger partial charge in [-0.25, -0.2) is 4.79 Å². The molecule has 34 heavy (non-hydrogen) atoms. The number of hydrogen-bond donors (Lipinski definition) is 1. The fraction of sp³-hybridized carbons (Fsp3) is 0.0345. The van der Waals surface area contributed by atoms with Crippen molar-refractivity contribution in [3.8, 4) is 5.75 Å². The van der Waals surface area contributed by atoms with Gasteiger partial charge < -0.3 is 10.1 Å². The molecule has 0 radical (unpaired) electrons. The Kier molecular flexibility index (Phi) is 5.04. The topological polar surface area (TPSA) is 55.4 Å². The van der Waals surface area contributed by atoms with Crippen molar-refractivity contribution in [2.24, 2.45) is 0 Å². The summed E-state index contributed by atoms with van der Waals surface area (Å²) in [7, 11) is 0. The van der Waals surface area contributed by atoms with Crippen LogP contribution in [0.4, 0.5) is 5.69 Å². The molecule has 1 aliphatic heterocycles. The van der Waals surface area contributed by atoms with E-state index in [0.717, 1.165) is 27.4 Å². The van der Waals surface area contributed by atoms with Crippen LogP contribution in [-0.4, -0.2) is 11.8 Å². The van der Waals surface area contributed by atoms with Crippen LogP contribution >= 0.6 is 11.8 Å². The van der Waals surface area contributed by atoms with Crippen LogP contribution in [0.25, 0.3) is 5.70 Å². The van der Waals surface area contributed by atoms with Crippen molar-refractivity contribution in [2.75, 3.05) is 5.32 Å². The molecule has 4 aromatic carbocycles. The SMILES string of the molecule is O=C(Oc1cccc([C@H]2Sc3ccccc3NC3=C2C(=O)c2ccccc23)c1)c1ccccc1. The lowest BCUT2D eigenvalue weighted by atomic mass is 10.0. The normalized spacial score (nSPS) is 16.1. The third-order valence-corrected chi connectivity index (χ3v) is 7.34. The number of Topliss-reactive ketones (excluding diaryl/α,β-unsaturated/α-hetero) is 1. The number of ketones is 1. The predicted octanol–water partition coefficient (Wildman–Crippen LogP) is 6.77. The molecule has 0 bridgehead atoms. The van der Waals surface area contributed by atoms with Gasteiger partial charge in [-0.2, -0.15) is 0 Å². The summed E-state index contributed by atoms with van der Waals surface area (Å²) in [5.74, 6) is 0.0557. The van der Waals surface area contributed by atoms with Crippen molar-refractivity contribution in [1.29, 1.82) is 0 Å². The third kappa shape index (κ3) is 3.51. The Morgan fingerprint density at radius 1 is 0.794 bits per heavy atom. The average Bonchev–Trinajstić information content (AvgIpc) is 3.04. The summed E-state index contributed by atoms with van der Waals surface area (Å²) in [6, 6.07) is 32.1. The Balaban J connectivity index is 1.43. The van der Waals surface area contributed by atoms with Gasteiger partial charge in [0.1, 0.15) is 5.75 Å². The van der Waals surface area contributed by atoms with Crippen LogP contribution in [0.3, 0.4) is 0 Å². The largest absolute Gasteiger partial charge is 0.423 e. The standard InChI is InChI=1S/C29H19NO3S/c31-27-22-14-5-4-13-21(22)26-25(27)28(34-24-16-7-6-15-23(24)30-26)19-11-8-12-20(17-19)33-29(32)18-9-2-1-3-10-18/h1-17,28,30H/t28-/m1/s1. The summed E-state index contributed by atoms with van der Waals surface area (Å²) in [6.07, 6.45) is 0. The molecule has 0 saturated carbocycles. The van der Waals surface area contributed by atoms with Crippen molar-refractivity contribution in [3.63, 3.8) is 0 Å². The molecule has 1 atom stereocenters. The van der Waals surface area contributed by atoms with Gasteiger partial charge >= 0.3 is 5.97 Å². The molecule has 1 heterocycles. The molecular weight excluding hydrogens is 442 g/mol. The Morgan fingerprint density at radius 3 is 2.38 bits per heavy atom. The first kappa shape index (κ1) is 20.5. The van der Waals surface area contributed by atoms with E-state index in [0.29, 0.717) is 22.4 Å². The van der Waals surface area contributed by atoms with Gasteiger partial charge in [-0.15, -0.1) is 11.8 Å². The molecule has 4 nitrogen and oxygen atoms in total. The van der Waals surface area contributed by atoms with Crippen molar-refractivity contribution in [2.45, 2.75) is 10.1 Å². The van der Waals surface area contributed by atoms with Gasteiger partial charge in [0, 0.05) is 21.6 Å². The first-order chi connectivity index (χ1) is 16.7. The minimum Gasteiger partial charge on any atom is -0.423 e. The second kappa shape index (κ2) is 8.36. The summed E-state index contributed by atoms with van der Waals surface area (Å²) in [4.78, 5) is 27.2. The Morgan fingerprint density at radius 2 is 1.53 bits per heavy atom. The number of nitrogens with one attached hydrogen (secondary N) is 1. The van der Waals surface area contributed by atoms with E-state index in [1.165, 1.54) is 0 Å². The minimum atomic E-state index is -0.414. The van der Waals surface area contributed by atoms with Gasteiger partial charge in [0.2, 0.25) is 0 Å². The third-order valence-electron chi connectivity index (χ3n) is 5.99. The zero-order valence-corrected chi connectivity index (χ0v) is 18.8. The maximum absolute atomic E-state index is 13.6. The molecule has 0 unspecified atom stereocenters. The minimum absolute atomic E-state index is 0.0232. The molecule has 6 rings (SSSR count). The highest BCUT2D eigenvalue weighted by atomic mass is 32.2. The van der Waals surface area contributed by atoms with Gasteiger partial charge in [-0.3, -0.25) is 4.79 Å². The highest BCUT2D eigenvalue weighted by molar-refractivity contribution is 8.00. The Labute approximate surface area is 201 Å². The molecular formula is C29H19NO3S. The number of carbonyl (C=O) groups is 2. The molecule has 164 valence electrons. The second-order valence-electron chi connectivity index (χ2n) is 8.11. The molecule has 0 amide bonds. The van der Waals surface area contributed by atoms with E-state index >= 15 is 0 Å². The lowest BCUT2D eigenvalue weighted by Gasteiger charge is -2.18. The predicted molar refractivity (Wildman–Crippen MR) is 134 cm³/mol. The van der Waals surface area contributed by atoms with Crippen molar-refractivity contribution in [3.05, 3.63) is 131 Å². The zero-order valence-electron chi connectivity index (χ0n) is 18.0. The molecule has 5 heteroatoms. The van der Waals surface area contributed by atoms with Crippen LogP contribution in [0.2, 0.25) is 0 Å². The van der Waals surface area contributed by atoms with Gasteiger partial charge in [0.15, 0.2) is 5.78 Å². The average molecular weight is 462 g/mol. The summed E-state index contributed by atoms with van der Waals surface area (Å²) in [5, 5.41) is 3.27. The molecule has 0 saturated heterocycles. The van der Waals surface area contributed by atoms with Gasteiger partial charge in [0.25, 0.3) is 0 Å². The lowest BCUT2D eigenvalue weighted by molar-refractivity contribution is 0.0734. The molecule has 0 aromatic heterocycles. The second-order valence-corrected chi connectivity index (χ2v) is 9.26.